The largest absolute Gasteiger partial charge is 0.453 e. The summed E-state index contributed by atoms with van der Waals surface area (Å²) in [7, 11) is 1.60. The molecule has 5 heteroatoms. The van der Waals surface area contributed by atoms with Crippen molar-refractivity contribution in [1.82, 2.24) is 10.2 Å². The van der Waals surface area contributed by atoms with E-state index in [4.69, 9.17) is 9.15 Å². The number of furan rings is 1. The van der Waals surface area contributed by atoms with Crippen LogP contribution in [0.4, 0.5) is 0 Å². The molecule has 0 saturated carbocycles. The number of hydrogen-bond donors (Lipinski definition) is 1. The van der Waals surface area contributed by atoms with Crippen LogP contribution in [0.5, 0.6) is 0 Å². The number of likely N-dealkylation sites (tertiary alicyclic amines) is 1. The van der Waals surface area contributed by atoms with E-state index in [1.165, 1.54) is 25.9 Å². The molecular weight excluding hydrogens is 268 g/mol. The molecule has 2 rings (SSSR count). The van der Waals surface area contributed by atoms with Crippen molar-refractivity contribution in [2.75, 3.05) is 33.3 Å². The van der Waals surface area contributed by atoms with E-state index in [1.807, 2.05) is 0 Å². The number of carbonyl (C=O) groups excluding carboxylic acids is 1. The van der Waals surface area contributed by atoms with Gasteiger partial charge >= 0.3 is 0 Å². The Labute approximate surface area is 126 Å². The number of carbonyl (C=O) groups is 1. The summed E-state index contributed by atoms with van der Waals surface area (Å²) in [6.07, 6.45) is 3.61. The third-order valence-corrected chi connectivity index (χ3v) is 3.85. The van der Waals surface area contributed by atoms with Crippen LogP contribution in [0.2, 0.25) is 0 Å². The molecule has 1 unspecified atom stereocenters. The monoisotopic (exact) mass is 294 g/mol. The number of rotatable bonds is 7. The van der Waals surface area contributed by atoms with Crippen molar-refractivity contribution in [3.8, 4) is 0 Å². The number of nitrogens with one attached hydrogen (secondary N) is 1. The summed E-state index contributed by atoms with van der Waals surface area (Å²) >= 11 is 0. The Bertz CT molecular complexity index is 444. The van der Waals surface area contributed by atoms with Crippen LogP contribution in [-0.2, 0) is 11.3 Å². The Morgan fingerprint density at radius 3 is 3.14 bits per heavy atom. The van der Waals surface area contributed by atoms with Crippen molar-refractivity contribution in [3.63, 3.8) is 0 Å². The summed E-state index contributed by atoms with van der Waals surface area (Å²) in [6, 6.07) is 3.46. The molecule has 0 aliphatic carbocycles. The Hall–Kier alpha value is -1.33. The zero-order valence-corrected chi connectivity index (χ0v) is 13.1. The molecule has 1 N–H and O–H groups in total. The van der Waals surface area contributed by atoms with Gasteiger partial charge in [-0.1, -0.05) is 6.92 Å². The molecule has 21 heavy (non-hydrogen) atoms. The van der Waals surface area contributed by atoms with Gasteiger partial charge in [-0.05, 0) is 50.4 Å². The second-order valence-electron chi connectivity index (χ2n) is 5.86. The predicted octanol–water partition coefficient (Wildman–Crippen LogP) is 2.28. The van der Waals surface area contributed by atoms with E-state index in [1.54, 1.807) is 19.2 Å². The molecule has 1 aromatic rings. The lowest BCUT2D eigenvalue weighted by molar-refractivity contribution is 0.0913. The first-order chi connectivity index (χ1) is 10.2. The molecule has 1 fully saturated rings. The highest BCUT2D eigenvalue weighted by Crippen LogP contribution is 2.15. The van der Waals surface area contributed by atoms with Crippen molar-refractivity contribution in [3.05, 3.63) is 23.7 Å². The smallest absolute Gasteiger partial charge is 0.286 e. The minimum absolute atomic E-state index is 0.149. The molecule has 1 amide bonds. The number of nitrogens with zero attached hydrogens (tertiary/aromatic N) is 1. The van der Waals surface area contributed by atoms with Crippen LogP contribution in [0.1, 0.15) is 42.5 Å². The van der Waals surface area contributed by atoms with Gasteiger partial charge in [-0.3, -0.25) is 4.79 Å². The third kappa shape index (κ3) is 5.17. The van der Waals surface area contributed by atoms with E-state index in [-0.39, 0.29) is 5.91 Å². The third-order valence-electron chi connectivity index (χ3n) is 3.85. The molecule has 1 atom stereocenters. The normalized spacial score (nSPS) is 19.6. The topological polar surface area (TPSA) is 54.7 Å². The first-order valence-electron chi connectivity index (χ1n) is 7.77. The lowest BCUT2D eigenvalue weighted by Gasteiger charge is -2.30. The fraction of sp³-hybridized carbons (Fsp3) is 0.688. The summed E-state index contributed by atoms with van der Waals surface area (Å²) < 4.78 is 10.4. The molecule has 1 aromatic heterocycles. The van der Waals surface area contributed by atoms with Crippen LogP contribution in [0.3, 0.4) is 0 Å². The summed E-state index contributed by atoms with van der Waals surface area (Å²) in [5.41, 5.74) is 0. The molecule has 0 bridgehead atoms. The van der Waals surface area contributed by atoms with Gasteiger partial charge < -0.3 is 19.4 Å². The van der Waals surface area contributed by atoms with Crippen LogP contribution in [0, 0.1) is 5.92 Å². The van der Waals surface area contributed by atoms with Gasteiger partial charge in [-0.2, -0.15) is 0 Å². The summed E-state index contributed by atoms with van der Waals surface area (Å²) in [5, 5.41) is 2.91. The Kier molecular flexibility index (Phi) is 6.26. The summed E-state index contributed by atoms with van der Waals surface area (Å²) in [6.45, 7) is 6.81. The molecule has 5 nitrogen and oxygen atoms in total. The SMILES string of the molecule is COCc1ccc(C(=O)NCCCN2CCCC(C)C2)o1. The lowest BCUT2D eigenvalue weighted by atomic mass is 10.0. The Morgan fingerprint density at radius 2 is 2.38 bits per heavy atom. The fourth-order valence-corrected chi connectivity index (χ4v) is 2.80. The maximum atomic E-state index is 11.9. The number of methoxy groups -OCH3 is 1. The Morgan fingerprint density at radius 1 is 1.52 bits per heavy atom. The summed E-state index contributed by atoms with van der Waals surface area (Å²) in [5.74, 6) is 1.68. The second kappa shape index (κ2) is 8.20. The van der Waals surface area contributed by atoms with Crippen LogP contribution in [0.15, 0.2) is 16.5 Å². The zero-order chi connectivity index (χ0) is 15.1. The van der Waals surface area contributed by atoms with E-state index in [0.29, 0.717) is 24.7 Å². The molecule has 1 aliphatic rings. The van der Waals surface area contributed by atoms with Crippen LogP contribution >= 0.6 is 0 Å². The van der Waals surface area contributed by atoms with Gasteiger partial charge in [0.05, 0.1) is 0 Å². The highest BCUT2D eigenvalue weighted by molar-refractivity contribution is 5.91. The number of ether oxygens (including phenoxy) is 1. The number of amides is 1. The van der Waals surface area contributed by atoms with Crippen LogP contribution < -0.4 is 5.32 Å². The fourth-order valence-electron chi connectivity index (χ4n) is 2.80. The maximum absolute atomic E-state index is 11.9. The molecule has 2 heterocycles. The summed E-state index contributed by atoms with van der Waals surface area (Å²) in [4.78, 5) is 14.4. The van der Waals surface area contributed by atoms with Crippen molar-refractivity contribution >= 4 is 5.91 Å². The average molecular weight is 294 g/mol. The predicted molar refractivity (Wildman–Crippen MR) is 81.2 cm³/mol. The molecular formula is C16H26N2O3. The first-order valence-corrected chi connectivity index (χ1v) is 7.77. The van der Waals surface area contributed by atoms with Gasteiger partial charge in [0.1, 0.15) is 12.4 Å². The lowest BCUT2D eigenvalue weighted by Crippen LogP contribution is -2.36. The van der Waals surface area contributed by atoms with Crippen molar-refractivity contribution in [1.29, 1.82) is 0 Å². The highest BCUT2D eigenvalue weighted by Gasteiger charge is 2.16. The molecule has 118 valence electrons. The van der Waals surface area contributed by atoms with Gasteiger partial charge in [0.15, 0.2) is 5.76 Å². The van der Waals surface area contributed by atoms with Crippen LogP contribution in [-0.4, -0.2) is 44.1 Å². The average Bonchev–Trinajstić information content (AvgIpc) is 2.93. The molecule has 1 aliphatic heterocycles. The molecule has 0 radical (unpaired) electrons. The minimum atomic E-state index is -0.149. The number of hydrogen-bond acceptors (Lipinski definition) is 4. The van der Waals surface area contributed by atoms with Gasteiger partial charge in [0.2, 0.25) is 0 Å². The molecule has 0 spiro atoms. The maximum Gasteiger partial charge on any atom is 0.286 e. The minimum Gasteiger partial charge on any atom is -0.453 e. The van der Waals surface area contributed by atoms with Crippen molar-refractivity contribution in [2.45, 2.75) is 32.8 Å². The number of piperidine rings is 1. The molecule has 1 saturated heterocycles. The van der Waals surface area contributed by atoms with E-state index in [0.717, 1.165) is 18.9 Å². The van der Waals surface area contributed by atoms with E-state index in [9.17, 15) is 4.79 Å². The van der Waals surface area contributed by atoms with Gasteiger partial charge in [0.25, 0.3) is 5.91 Å². The quantitative estimate of drug-likeness (QED) is 0.784. The van der Waals surface area contributed by atoms with Crippen molar-refractivity contribution in [2.24, 2.45) is 5.92 Å². The second-order valence-corrected chi connectivity index (χ2v) is 5.86. The highest BCUT2D eigenvalue weighted by atomic mass is 16.5. The van der Waals surface area contributed by atoms with Gasteiger partial charge in [-0.15, -0.1) is 0 Å². The van der Waals surface area contributed by atoms with Crippen LogP contribution in [0.25, 0.3) is 0 Å². The molecule has 0 aromatic carbocycles. The van der Waals surface area contributed by atoms with E-state index >= 15 is 0 Å². The van der Waals surface area contributed by atoms with Gasteiger partial charge in [-0.25, -0.2) is 0 Å². The Balaban J connectivity index is 1.64. The van der Waals surface area contributed by atoms with E-state index < -0.39 is 0 Å². The van der Waals surface area contributed by atoms with Crippen molar-refractivity contribution < 1.29 is 13.9 Å². The van der Waals surface area contributed by atoms with E-state index in [2.05, 4.69) is 17.1 Å². The van der Waals surface area contributed by atoms with Gasteiger partial charge in [0, 0.05) is 20.2 Å². The zero-order valence-electron chi connectivity index (χ0n) is 13.1. The first kappa shape index (κ1) is 16.0. The standard InChI is InChI=1S/C16H26N2O3/c1-13-5-3-9-18(11-13)10-4-8-17-16(19)15-7-6-14(21-15)12-20-2/h6-7,13H,3-5,8-12H2,1-2H3,(H,17,19).